The van der Waals surface area contributed by atoms with Gasteiger partial charge in [-0.3, -0.25) is 14.3 Å². The molecule has 0 saturated carbocycles. The largest absolute Gasteiger partial charge is 0.446 e. The zero-order valence-electron chi connectivity index (χ0n) is 26.4. The highest BCUT2D eigenvalue weighted by molar-refractivity contribution is 7.92. The van der Waals surface area contributed by atoms with Crippen molar-refractivity contribution in [2.45, 2.75) is 58.8 Å². The molecule has 0 spiro atoms. The molecule has 1 heterocycles. The third kappa shape index (κ3) is 9.74. The zero-order valence-corrected chi connectivity index (χ0v) is 27.2. The lowest BCUT2D eigenvalue weighted by Crippen LogP contribution is -2.48. The second-order valence-corrected chi connectivity index (χ2v) is 13.1. The summed E-state index contributed by atoms with van der Waals surface area (Å²) in [5.41, 5.74) is 2.75. The molecule has 1 aromatic heterocycles. The van der Waals surface area contributed by atoms with Gasteiger partial charge in [-0.2, -0.15) is 0 Å². The highest BCUT2D eigenvalue weighted by Gasteiger charge is 2.24. The molecule has 0 bridgehead atoms. The van der Waals surface area contributed by atoms with E-state index in [1.54, 1.807) is 6.92 Å². The van der Waals surface area contributed by atoms with Crippen molar-refractivity contribution in [3.8, 4) is 0 Å². The van der Waals surface area contributed by atoms with Crippen molar-refractivity contribution in [3.63, 3.8) is 0 Å². The Balaban J connectivity index is 1.57. The number of carbonyl (C=O) groups is 2. The number of anilines is 1. The molecule has 0 saturated heterocycles. The van der Waals surface area contributed by atoms with Crippen molar-refractivity contribution >= 4 is 27.5 Å². The molecule has 12 heteroatoms. The number of amides is 2. The topological polar surface area (TPSA) is 163 Å². The van der Waals surface area contributed by atoms with E-state index < -0.39 is 34.0 Å². The Kier molecular flexibility index (Phi) is 11.7. The van der Waals surface area contributed by atoms with Gasteiger partial charge < -0.3 is 25.5 Å². The van der Waals surface area contributed by atoms with E-state index in [9.17, 15) is 23.1 Å². The van der Waals surface area contributed by atoms with Gasteiger partial charge in [-0.25, -0.2) is 13.4 Å². The van der Waals surface area contributed by atoms with Crippen molar-refractivity contribution in [2.24, 2.45) is 0 Å². The SMILES string of the molecule is CCS(=O)(=O)Nc1cc(C(=O)N[C@@H](Cc2ccccc2)[C@H](O)CNCc2nc(C)oc2C)cc(C(=O)N[C@H](C)c2ccccc2)c1. The number of nitrogens with one attached hydrogen (secondary N) is 4. The molecule has 11 nitrogen and oxygen atoms in total. The summed E-state index contributed by atoms with van der Waals surface area (Å²) in [5, 5.41) is 20.2. The maximum absolute atomic E-state index is 13.7. The molecule has 0 fully saturated rings. The lowest BCUT2D eigenvalue weighted by atomic mass is 10.00. The number of sulfonamides is 1. The average Bonchev–Trinajstić information content (AvgIpc) is 3.37. The van der Waals surface area contributed by atoms with Crippen LogP contribution in [-0.2, 0) is 23.0 Å². The van der Waals surface area contributed by atoms with E-state index in [-0.39, 0.29) is 35.2 Å². The third-order valence-electron chi connectivity index (χ3n) is 7.48. The van der Waals surface area contributed by atoms with E-state index in [4.69, 9.17) is 4.42 Å². The molecule has 3 atom stereocenters. The molecule has 0 aliphatic heterocycles. The lowest BCUT2D eigenvalue weighted by Gasteiger charge is -2.25. The van der Waals surface area contributed by atoms with Gasteiger partial charge in [0.05, 0.1) is 35.3 Å². The summed E-state index contributed by atoms with van der Waals surface area (Å²) in [4.78, 5) is 31.4. The summed E-state index contributed by atoms with van der Waals surface area (Å²) in [6.45, 7) is 7.41. The minimum absolute atomic E-state index is 0.0562. The quantitative estimate of drug-likeness (QED) is 0.129. The fourth-order valence-electron chi connectivity index (χ4n) is 4.93. The van der Waals surface area contributed by atoms with Crippen LogP contribution in [0.25, 0.3) is 0 Å². The first-order chi connectivity index (χ1) is 21.9. The number of nitrogens with zero attached hydrogens (tertiary/aromatic N) is 1. The van der Waals surface area contributed by atoms with Gasteiger partial charge in [0.1, 0.15) is 5.76 Å². The smallest absolute Gasteiger partial charge is 0.251 e. The Morgan fingerprint density at radius 3 is 2.11 bits per heavy atom. The first-order valence-corrected chi connectivity index (χ1v) is 16.8. The molecule has 46 heavy (non-hydrogen) atoms. The van der Waals surface area contributed by atoms with Crippen LogP contribution in [0.3, 0.4) is 0 Å². The highest BCUT2D eigenvalue weighted by Crippen LogP contribution is 2.20. The van der Waals surface area contributed by atoms with Crippen molar-refractivity contribution in [2.75, 3.05) is 17.0 Å². The predicted molar refractivity (Wildman–Crippen MR) is 177 cm³/mol. The molecule has 2 amide bonds. The van der Waals surface area contributed by atoms with Gasteiger partial charge in [0.25, 0.3) is 11.8 Å². The number of carbonyl (C=O) groups excluding carboxylic acids is 2. The van der Waals surface area contributed by atoms with Gasteiger partial charge in [-0.15, -0.1) is 0 Å². The second-order valence-electron chi connectivity index (χ2n) is 11.1. The maximum Gasteiger partial charge on any atom is 0.251 e. The van der Waals surface area contributed by atoms with Crippen LogP contribution in [-0.4, -0.2) is 54.8 Å². The van der Waals surface area contributed by atoms with E-state index in [0.29, 0.717) is 24.6 Å². The third-order valence-corrected chi connectivity index (χ3v) is 8.79. The maximum atomic E-state index is 13.7. The van der Waals surface area contributed by atoms with Crippen LogP contribution < -0.4 is 20.7 Å². The van der Waals surface area contributed by atoms with E-state index in [0.717, 1.165) is 16.8 Å². The van der Waals surface area contributed by atoms with Crippen LogP contribution in [0.2, 0.25) is 0 Å². The molecule has 0 radical (unpaired) electrons. The van der Waals surface area contributed by atoms with Crippen LogP contribution in [0.1, 0.15) is 69.1 Å². The molecule has 0 unspecified atom stereocenters. The lowest BCUT2D eigenvalue weighted by molar-refractivity contribution is 0.0829. The number of aromatic nitrogens is 1. The molecule has 0 aliphatic rings. The van der Waals surface area contributed by atoms with E-state index in [1.165, 1.54) is 25.1 Å². The Labute approximate surface area is 269 Å². The summed E-state index contributed by atoms with van der Waals surface area (Å²) in [6, 6.07) is 21.9. The van der Waals surface area contributed by atoms with Crippen molar-refractivity contribution in [3.05, 3.63) is 118 Å². The van der Waals surface area contributed by atoms with Gasteiger partial charge in [0.15, 0.2) is 5.89 Å². The van der Waals surface area contributed by atoms with E-state index in [1.807, 2.05) is 74.5 Å². The fourth-order valence-corrected chi connectivity index (χ4v) is 5.55. The van der Waals surface area contributed by atoms with Gasteiger partial charge in [0, 0.05) is 31.1 Å². The Morgan fingerprint density at radius 2 is 1.52 bits per heavy atom. The molecular weight excluding hydrogens is 606 g/mol. The zero-order chi connectivity index (χ0) is 33.3. The number of aliphatic hydroxyl groups excluding tert-OH is 1. The van der Waals surface area contributed by atoms with E-state index >= 15 is 0 Å². The number of aryl methyl sites for hydroxylation is 2. The predicted octanol–water partition coefficient (Wildman–Crippen LogP) is 4.04. The highest BCUT2D eigenvalue weighted by atomic mass is 32.2. The Hall–Kier alpha value is -4.52. The van der Waals surface area contributed by atoms with Crippen molar-refractivity contribution in [1.82, 2.24) is 20.9 Å². The minimum Gasteiger partial charge on any atom is -0.446 e. The number of oxazole rings is 1. The monoisotopic (exact) mass is 647 g/mol. The Morgan fingerprint density at radius 1 is 0.913 bits per heavy atom. The first-order valence-electron chi connectivity index (χ1n) is 15.1. The van der Waals surface area contributed by atoms with Gasteiger partial charge in [0.2, 0.25) is 10.0 Å². The number of rotatable bonds is 15. The number of benzene rings is 3. The van der Waals surface area contributed by atoms with Gasteiger partial charge in [-0.1, -0.05) is 60.7 Å². The number of hydrogen-bond donors (Lipinski definition) is 5. The summed E-state index contributed by atoms with van der Waals surface area (Å²) in [5.74, 6) is -0.0146. The number of aliphatic hydroxyl groups is 1. The van der Waals surface area contributed by atoms with Crippen LogP contribution in [0.5, 0.6) is 0 Å². The second kappa shape index (κ2) is 15.7. The molecule has 0 aliphatic carbocycles. The summed E-state index contributed by atoms with van der Waals surface area (Å²) in [7, 11) is -3.71. The summed E-state index contributed by atoms with van der Waals surface area (Å²) in [6.07, 6.45) is -0.685. The van der Waals surface area contributed by atoms with Gasteiger partial charge >= 0.3 is 0 Å². The Bertz CT molecular complexity index is 1730. The molecule has 3 aromatic carbocycles. The minimum atomic E-state index is -3.71. The molecule has 4 rings (SSSR count). The molecule has 5 N–H and O–H groups in total. The van der Waals surface area contributed by atoms with Crippen LogP contribution in [0.15, 0.2) is 83.3 Å². The fraction of sp³-hybridized carbons (Fsp3) is 0.324. The average molecular weight is 648 g/mol. The van der Waals surface area contributed by atoms with Crippen molar-refractivity contribution in [1.29, 1.82) is 0 Å². The van der Waals surface area contributed by atoms with Crippen LogP contribution in [0, 0.1) is 13.8 Å². The summed E-state index contributed by atoms with van der Waals surface area (Å²) >= 11 is 0. The van der Waals surface area contributed by atoms with Crippen LogP contribution in [0.4, 0.5) is 5.69 Å². The number of hydrogen-bond acceptors (Lipinski definition) is 8. The van der Waals surface area contributed by atoms with Crippen molar-refractivity contribution < 1.29 is 27.5 Å². The molecule has 244 valence electrons. The van der Waals surface area contributed by atoms with Crippen LogP contribution >= 0.6 is 0 Å². The van der Waals surface area contributed by atoms with Gasteiger partial charge in [-0.05, 0) is 56.5 Å². The summed E-state index contributed by atoms with van der Waals surface area (Å²) < 4.78 is 32.8. The normalized spacial score (nSPS) is 13.4. The standard InChI is InChI=1S/C34H41N5O6S/c1-5-46(43,44)39-29-18-27(33(41)36-22(2)26-14-10-7-11-15-26)17-28(19-29)34(42)38-30(16-25-12-8-6-9-13-25)32(40)21-35-20-31-23(3)45-24(4)37-31/h6-15,17-19,22,30,32,35,39-40H,5,16,20-21H2,1-4H3,(H,36,41)(H,38,42)/t22-,30+,32-/m1/s1. The first kappa shape index (κ1) is 34.4. The molecule has 4 aromatic rings. The van der Waals surface area contributed by atoms with E-state index in [2.05, 4.69) is 25.7 Å². The molecular formula is C34H41N5O6S.